The van der Waals surface area contributed by atoms with E-state index in [4.69, 9.17) is 23.4 Å². The van der Waals surface area contributed by atoms with Crippen molar-refractivity contribution in [2.24, 2.45) is 0 Å². The number of hydrogen-bond acceptors (Lipinski definition) is 8. The Morgan fingerprint density at radius 3 is 1.46 bits per heavy atom. The van der Waals surface area contributed by atoms with Crippen LogP contribution in [0.15, 0.2) is 132 Å². The summed E-state index contributed by atoms with van der Waals surface area (Å²) in [6.07, 6.45) is 0. The first-order chi connectivity index (χ1) is 19.7. The van der Waals surface area contributed by atoms with Crippen molar-refractivity contribution in [1.82, 2.24) is 5.32 Å². The molecule has 4 rings (SSSR count). The molecule has 1 amide bonds. The van der Waals surface area contributed by atoms with Crippen LogP contribution in [0.1, 0.15) is 10.4 Å². The Balaban J connectivity index is 0.000000850. The van der Waals surface area contributed by atoms with Gasteiger partial charge in [0.25, 0.3) is 5.91 Å². The van der Waals surface area contributed by atoms with Crippen molar-refractivity contribution in [2.45, 2.75) is 0 Å². The average molecular weight is 612 g/mol. The summed E-state index contributed by atoms with van der Waals surface area (Å²) in [7, 11) is -6.12. The third-order valence-electron chi connectivity index (χ3n) is 5.69. The molecule has 0 heterocycles. The van der Waals surface area contributed by atoms with Crippen LogP contribution in [0.25, 0.3) is 0 Å². The second-order valence-electron chi connectivity index (χ2n) is 8.27. The van der Waals surface area contributed by atoms with Crippen LogP contribution in [-0.4, -0.2) is 24.7 Å². The van der Waals surface area contributed by atoms with Gasteiger partial charge in [0.15, 0.2) is 12.7 Å². The third-order valence-corrected chi connectivity index (χ3v) is 10.9. The standard InChI is InChI=1S/C30H26NO3PS.ClHO4/c1-34-29(32)23-36-22-28(31-30(33)24-14-6-2-7-15-24)35(25-16-8-3-9-17-25,26-18-10-4-11-19-26)27-20-12-5-13-21-27;2-1(3,4)5/h2-22H,23H2,1H3;(H,2,3,4,5). The molecule has 0 aliphatic heterocycles. The zero-order valence-corrected chi connectivity index (χ0v) is 24.4. The van der Waals surface area contributed by atoms with Crippen molar-refractivity contribution >= 4 is 46.8 Å². The zero-order chi connectivity index (χ0) is 29.7. The van der Waals surface area contributed by atoms with E-state index in [1.807, 2.05) is 78.2 Å². The normalized spacial score (nSPS) is 11.6. The quantitative estimate of drug-likeness (QED) is 0.211. The molecular weight excluding hydrogens is 585 g/mol. The molecule has 0 aliphatic rings. The summed E-state index contributed by atoms with van der Waals surface area (Å²) >= 11 is 1.32. The minimum absolute atomic E-state index is 0.138. The second-order valence-corrected chi connectivity index (χ2v) is 13.3. The SMILES string of the molecule is COC(=O)CSC=C(NC(=O)c1ccccc1)[P+](c1ccccc1)(c1ccccc1)c1ccccc1.[O-][Cl+3]([O-])([O-])[O-]. The molecule has 0 bridgehead atoms. The monoisotopic (exact) mass is 611 g/mol. The predicted octanol–water partition coefficient (Wildman–Crippen LogP) is 0.360. The molecule has 0 unspecified atom stereocenters. The number of amides is 1. The first-order valence-electron chi connectivity index (χ1n) is 12.1. The summed E-state index contributed by atoms with van der Waals surface area (Å²) in [5.74, 6) is -0.389. The summed E-state index contributed by atoms with van der Waals surface area (Å²) < 4.78 is 38.8. The second kappa shape index (κ2) is 15.5. The van der Waals surface area contributed by atoms with Crippen LogP contribution in [0.4, 0.5) is 0 Å². The van der Waals surface area contributed by atoms with Crippen molar-refractivity contribution < 1.29 is 43.2 Å². The Morgan fingerprint density at radius 1 is 0.732 bits per heavy atom. The lowest BCUT2D eigenvalue weighted by molar-refractivity contribution is -2.00. The molecule has 212 valence electrons. The Labute approximate surface area is 245 Å². The van der Waals surface area contributed by atoms with Crippen LogP contribution < -0.4 is 39.9 Å². The molecule has 0 saturated heterocycles. The highest BCUT2D eigenvalue weighted by Gasteiger charge is 2.50. The molecule has 0 aliphatic carbocycles. The lowest BCUT2D eigenvalue weighted by Crippen LogP contribution is -2.68. The van der Waals surface area contributed by atoms with Gasteiger partial charge in [-0.25, -0.2) is 18.6 Å². The van der Waals surface area contributed by atoms with Crippen molar-refractivity contribution in [3.8, 4) is 0 Å². The van der Waals surface area contributed by atoms with Crippen molar-refractivity contribution in [1.29, 1.82) is 0 Å². The van der Waals surface area contributed by atoms with Crippen LogP contribution in [0, 0.1) is 10.2 Å². The van der Waals surface area contributed by atoms with Crippen molar-refractivity contribution in [3.63, 3.8) is 0 Å². The summed E-state index contributed by atoms with van der Waals surface area (Å²) in [6, 6.07) is 39.9. The first-order valence-corrected chi connectivity index (χ1v) is 16.2. The molecule has 0 fully saturated rings. The maximum atomic E-state index is 13.5. The highest BCUT2D eigenvalue weighted by atomic mass is 35.7. The Kier molecular flexibility index (Phi) is 12.1. The molecule has 8 nitrogen and oxygen atoms in total. The molecule has 0 aromatic heterocycles. The van der Waals surface area contributed by atoms with Gasteiger partial charge in [-0.15, -0.1) is 22.0 Å². The van der Waals surface area contributed by atoms with Gasteiger partial charge < -0.3 is 4.74 Å². The van der Waals surface area contributed by atoms with Crippen LogP contribution in [0.5, 0.6) is 0 Å². The zero-order valence-electron chi connectivity index (χ0n) is 21.9. The Hall–Kier alpha value is -3.53. The average Bonchev–Trinajstić information content (AvgIpc) is 2.98. The number of rotatable bonds is 9. The van der Waals surface area contributed by atoms with Gasteiger partial charge in [-0.2, -0.15) is 0 Å². The van der Waals surface area contributed by atoms with Gasteiger partial charge in [0, 0.05) is 11.0 Å². The van der Waals surface area contributed by atoms with Crippen molar-refractivity contribution in [2.75, 3.05) is 12.9 Å². The van der Waals surface area contributed by atoms with Crippen molar-refractivity contribution in [3.05, 3.63) is 138 Å². The summed E-state index contributed by atoms with van der Waals surface area (Å²) in [5, 5.41) is 8.47. The molecular formula is C30H27ClNO7PS. The number of carbonyl (C=O) groups is 2. The number of hydrogen-bond donors (Lipinski definition) is 1. The molecule has 0 spiro atoms. The van der Waals surface area contributed by atoms with Gasteiger partial charge in [-0.1, -0.05) is 72.8 Å². The van der Waals surface area contributed by atoms with Gasteiger partial charge in [0.1, 0.15) is 15.9 Å². The lowest BCUT2D eigenvalue weighted by Gasteiger charge is -2.29. The molecule has 11 heteroatoms. The number of nitrogens with one attached hydrogen (secondary N) is 1. The molecule has 0 saturated carbocycles. The van der Waals surface area contributed by atoms with Gasteiger partial charge in [-0.05, 0) is 48.5 Å². The molecule has 41 heavy (non-hydrogen) atoms. The van der Waals surface area contributed by atoms with E-state index >= 15 is 0 Å². The Bertz CT molecular complexity index is 1320. The first kappa shape index (κ1) is 32.0. The van der Waals surface area contributed by atoms with E-state index in [-0.39, 0.29) is 17.6 Å². The highest BCUT2D eigenvalue weighted by Crippen LogP contribution is 2.61. The number of esters is 1. The largest absolute Gasteiger partial charge is 0.468 e. The molecule has 4 aromatic rings. The maximum Gasteiger partial charge on any atom is 0.315 e. The fraction of sp³-hybridized carbons (Fsp3) is 0.0667. The summed E-state index contributed by atoms with van der Waals surface area (Å²) in [6.45, 7) is 0. The van der Waals surface area contributed by atoms with Crippen LogP contribution in [0.2, 0.25) is 0 Å². The minimum Gasteiger partial charge on any atom is -0.468 e. The van der Waals surface area contributed by atoms with Crippen LogP contribution in [-0.2, 0) is 9.53 Å². The maximum absolute atomic E-state index is 13.5. The number of benzene rings is 4. The van der Waals surface area contributed by atoms with Crippen LogP contribution >= 0.6 is 19.0 Å². The van der Waals surface area contributed by atoms with Gasteiger partial charge in [0.2, 0.25) is 0 Å². The van der Waals surface area contributed by atoms with E-state index in [2.05, 4.69) is 41.7 Å². The van der Waals surface area contributed by atoms with E-state index < -0.39 is 17.5 Å². The van der Waals surface area contributed by atoms with Gasteiger partial charge in [-0.3, -0.25) is 14.9 Å². The highest BCUT2D eigenvalue weighted by molar-refractivity contribution is 8.04. The number of carbonyl (C=O) groups excluding carboxylic acids is 2. The van der Waals surface area contributed by atoms with E-state index in [0.717, 1.165) is 21.4 Å². The molecule has 0 radical (unpaired) electrons. The number of halogens is 1. The van der Waals surface area contributed by atoms with E-state index in [1.54, 1.807) is 12.1 Å². The topological polar surface area (TPSA) is 148 Å². The smallest absolute Gasteiger partial charge is 0.315 e. The lowest BCUT2D eigenvalue weighted by atomic mass is 10.2. The summed E-state index contributed by atoms with van der Waals surface area (Å²) in [4.78, 5) is 25.5. The van der Waals surface area contributed by atoms with E-state index in [1.165, 1.54) is 18.9 Å². The Morgan fingerprint density at radius 2 is 1.10 bits per heavy atom. The molecule has 1 N–H and O–H groups in total. The number of thioether (sulfide) groups is 1. The molecule has 0 atom stereocenters. The number of ether oxygens (including phenoxy) is 1. The third kappa shape index (κ3) is 9.24. The predicted molar refractivity (Wildman–Crippen MR) is 152 cm³/mol. The molecule has 4 aromatic carbocycles. The van der Waals surface area contributed by atoms with Crippen LogP contribution in [0.3, 0.4) is 0 Å². The van der Waals surface area contributed by atoms with E-state index in [0.29, 0.717) is 5.56 Å². The van der Waals surface area contributed by atoms with E-state index in [9.17, 15) is 9.59 Å². The number of methoxy groups -OCH3 is 1. The van der Waals surface area contributed by atoms with Gasteiger partial charge >= 0.3 is 5.97 Å². The summed E-state index contributed by atoms with van der Waals surface area (Å²) in [5.41, 5.74) is 1.32. The fourth-order valence-corrected chi connectivity index (χ4v) is 9.30. The van der Waals surface area contributed by atoms with Gasteiger partial charge in [0.05, 0.1) is 12.9 Å². The fourth-order valence-electron chi connectivity index (χ4n) is 4.04. The minimum atomic E-state index is -4.94.